The van der Waals surface area contributed by atoms with Crippen LogP contribution in [0.2, 0.25) is 0 Å². The first-order chi connectivity index (χ1) is 9.35. The van der Waals surface area contributed by atoms with Crippen molar-refractivity contribution in [1.82, 2.24) is 20.1 Å². The molecule has 1 atom stereocenters. The summed E-state index contributed by atoms with van der Waals surface area (Å²) in [4.78, 5) is 0. The van der Waals surface area contributed by atoms with Crippen LogP contribution in [0.3, 0.4) is 0 Å². The van der Waals surface area contributed by atoms with Gasteiger partial charge < -0.3 is 9.88 Å². The maximum absolute atomic E-state index is 9.10. The zero-order valence-electron chi connectivity index (χ0n) is 11.4. The van der Waals surface area contributed by atoms with Gasteiger partial charge in [0.05, 0.1) is 6.07 Å². The summed E-state index contributed by atoms with van der Waals surface area (Å²) in [5, 5.41) is 21.8. The van der Waals surface area contributed by atoms with Gasteiger partial charge in [-0.05, 0) is 25.8 Å². The molecule has 5 nitrogen and oxygen atoms in total. The number of thioether (sulfide) groups is 1. The molecule has 0 amide bonds. The van der Waals surface area contributed by atoms with Gasteiger partial charge in [0, 0.05) is 18.7 Å². The second-order valence-corrected chi connectivity index (χ2v) is 5.80. The average molecular weight is 279 g/mol. The van der Waals surface area contributed by atoms with Gasteiger partial charge in [0.2, 0.25) is 0 Å². The smallest absolute Gasteiger partial charge is 0.191 e. The molecule has 0 spiro atoms. The van der Waals surface area contributed by atoms with E-state index in [0.29, 0.717) is 0 Å². The predicted molar refractivity (Wildman–Crippen MR) is 76.0 cm³/mol. The van der Waals surface area contributed by atoms with E-state index in [4.69, 9.17) is 5.26 Å². The van der Waals surface area contributed by atoms with Crippen LogP contribution in [0.1, 0.15) is 38.4 Å². The summed E-state index contributed by atoms with van der Waals surface area (Å²) in [6.07, 6.45) is 5.76. The number of hydrogen-bond donors (Lipinski definition) is 1. The van der Waals surface area contributed by atoms with Crippen LogP contribution < -0.4 is 5.32 Å². The van der Waals surface area contributed by atoms with Crippen molar-refractivity contribution < 1.29 is 0 Å². The first-order valence-electron chi connectivity index (χ1n) is 7.03. The second-order valence-electron chi connectivity index (χ2n) is 4.81. The summed E-state index contributed by atoms with van der Waals surface area (Å²) in [6, 6.07) is 2.19. The number of hydrogen-bond acceptors (Lipinski definition) is 5. The number of rotatable bonds is 6. The molecular formula is C13H21N5S. The molecule has 0 aromatic carbocycles. The van der Waals surface area contributed by atoms with Gasteiger partial charge in [-0.2, -0.15) is 5.26 Å². The minimum absolute atomic E-state index is 0.108. The van der Waals surface area contributed by atoms with Gasteiger partial charge in [-0.1, -0.05) is 25.1 Å². The van der Waals surface area contributed by atoms with Crippen molar-refractivity contribution in [1.29, 1.82) is 5.26 Å². The second kappa shape index (κ2) is 7.51. The Morgan fingerprint density at radius 2 is 2.32 bits per heavy atom. The molecule has 1 unspecified atom stereocenters. The normalized spacial score (nSPS) is 16.4. The highest BCUT2D eigenvalue weighted by Crippen LogP contribution is 2.22. The molecule has 2 rings (SSSR count). The van der Waals surface area contributed by atoms with E-state index < -0.39 is 0 Å². The third kappa shape index (κ3) is 3.95. The SMILES string of the molecule is CCCNC(C#N)CSc1nnc2n1CCCCC2. The van der Waals surface area contributed by atoms with E-state index in [1.54, 1.807) is 11.8 Å². The van der Waals surface area contributed by atoms with Crippen LogP contribution >= 0.6 is 11.8 Å². The summed E-state index contributed by atoms with van der Waals surface area (Å²) in [5.41, 5.74) is 0. The lowest BCUT2D eigenvalue weighted by molar-refractivity contribution is 0.589. The molecule has 0 fully saturated rings. The molecule has 104 valence electrons. The average Bonchev–Trinajstić information content (AvgIpc) is 2.67. The molecule has 0 saturated carbocycles. The first-order valence-corrected chi connectivity index (χ1v) is 8.01. The Morgan fingerprint density at radius 3 is 3.11 bits per heavy atom. The number of aryl methyl sites for hydroxylation is 1. The van der Waals surface area contributed by atoms with Gasteiger partial charge in [0.15, 0.2) is 5.16 Å². The van der Waals surface area contributed by atoms with E-state index >= 15 is 0 Å². The van der Waals surface area contributed by atoms with Crippen molar-refractivity contribution in [2.75, 3.05) is 12.3 Å². The van der Waals surface area contributed by atoms with Crippen LogP contribution in [-0.2, 0) is 13.0 Å². The Labute approximate surface area is 118 Å². The third-order valence-corrected chi connectivity index (χ3v) is 4.31. The Bertz CT molecular complexity index is 437. The van der Waals surface area contributed by atoms with Crippen molar-refractivity contribution >= 4 is 11.8 Å². The van der Waals surface area contributed by atoms with Crippen molar-refractivity contribution in [2.45, 2.75) is 56.8 Å². The quantitative estimate of drug-likeness (QED) is 0.807. The molecule has 0 radical (unpaired) electrons. The van der Waals surface area contributed by atoms with Crippen LogP contribution in [0.5, 0.6) is 0 Å². The molecule has 19 heavy (non-hydrogen) atoms. The fourth-order valence-electron chi connectivity index (χ4n) is 2.18. The van der Waals surface area contributed by atoms with Gasteiger partial charge in [-0.3, -0.25) is 0 Å². The lowest BCUT2D eigenvalue weighted by atomic mass is 10.2. The van der Waals surface area contributed by atoms with Crippen molar-refractivity contribution in [3.05, 3.63) is 5.82 Å². The maximum atomic E-state index is 9.10. The van der Waals surface area contributed by atoms with E-state index in [1.807, 2.05) is 0 Å². The largest absolute Gasteiger partial charge is 0.306 e. The molecule has 0 bridgehead atoms. The minimum atomic E-state index is -0.108. The van der Waals surface area contributed by atoms with E-state index in [0.717, 1.165) is 42.7 Å². The predicted octanol–water partition coefficient (Wildman–Crippen LogP) is 1.99. The monoisotopic (exact) mass is 279 g/mol. The van der Waals surface area contributed by atoms with E-state index in [-0.39, 0.29) is 6.04 Å². The summed E-state index contributed by atoms with van der Waals surface area (Å²) in [7, 11) is 0. The lowest BCUT2D eigenvalue weighted by Crippen LogP contribution is -2.30. The van der Waals surface area contributed by atoms with Crippen molar-refractivity contribution in [2.24, 2.45) is 0 Å². The molecule has 1 aliphatic rings. The molecule has 0 aliphatic carbocycles. The number of fused-ring (bicyclic) bond motifs is 1. The summed E-state index contributed by atoms with van der Waals surface area (Å²) in [6.45, 7) is 4.01. The molecule has 2 heterocycles. The van der Waals surface area contributed by atoms with E-state index in [2.05, 4.69) is 33.1 Å². The molecule has 1 aromatic rings. The summed E-state index contributed by atoms with van der Waals surface area (Å²) >= 11 is 1.64. The standard InChI is InChI=1S/C13H21N5S/c1-2-7-15-11(9-14)10-19-13-17-16-12-6-4-3-5-8-18(12)13/h11,15H,2-8,10H2,1H3. The van der Waals surface area contributed by atoms with Crippen LogP contribution in [0.15, 0.2) is 5.16 Å². The van der Waals surface area contributed by atoms with Crippen LogP contribution in [-0.4, -0.2) is 33.1 Å². The lowest BCUT2D eigenvalue weighted by Gasteiger charge is -2.10. The van der Waals surface area contributed by atoms with Crippen LogP contribution in [0.4, 0.5) is 0 Å². The van der Waals surface area contributed by atoms with E-state index in [1.165, 1.54) is 19.3 Å². The molecule has 1 aromatic heterocycles. The first kappa shape index (κ1) is 14.4. The number of nitrogens with one attached hydrogen (secondary N) is 1. The zero-order chi connectivity index (χ0) is 13.5. The van der Waals surface area contributed by atoms with Gasteiger partial charge in [0.25, 0.3) is 0 Å². The number of nitrogens with zero attached hydrogens (tertiary/aromatic N) is 4. The Kier molecular flexibility index (Phi) is 5.67. The third-order valence-electron chi connectivity index (χ3n) is 3.25. The van der Waals surface area contributed by atoms with Crippen LogP contribution in [0.25, 0.3) is 0 Å². The summed E-state index contributed by atoms with van der Waals surface area (Å²) in [5.74, 6) is 1.84. The molecule has 1 aliphatic heterocycles. The van der Waals surface area contributed by atoms with Gasteiger partial charge in [0.1, 0.15) is 11.9 Å². The molecule has 1 N–H and O–H groups in total. The van der Waals surface area contributed by atoms with Crippen molar-refractivity contribution in [3.63, 3.8) is 0 Å². The highest BCUT2D eigenvalue weighted by Gasteiger charge is 2.16. The fraction of sp³-hybridized carbons (Fsp3) is 0.769. The topological polar surface area (TPSA) is 66.5 Å². The minimum Gasteiger partial charge on any atom is -0.306 e. The maximum Gasteiger partial charge on any atom is 0.191 e. The highest BCUT2D eigenvalue weighted by atomic mass is 32.2. The zero-order valence-corrected chi connectivity index (χ0v) is 12.2. The Morgan fingerprint density at radius 1 is 1.42 bits per heavy atom. The van der Waals surface area contributed by atoms with Crippen LogP contribution in [0, 0.1) is 11.3 Å². The number of aromatic nitrogens is 3. The number of nitriles is 1. The highest BCUT2D eigenvalue weighted by molar-refractivity contribution is 7.99. The Hall–Kier alpha value is -1.06. The summed E-state index contributed by atoms with van der Waals surface area (Å²) < 4.78 is 2.23. The van der Waals surface area contributed by atoms with E-state index in [9.17, 15) is 0 Å². The van der Waals surface area contributed by atoms with Gasteiger partial charge in [-0.15, -0.1) is 10.2 Å². The molecule has 6 heteroatoms. The Balaban J connectivity index is 1.92. The van der Waals surface area contributed by atoms with Gasteiger partial charge in [-0.25, -0.2) is 0 Å². The van der Waals surface area contributed by atoms with Gasteiger partial charge >= 0.3 is 0 Å². The van der Waals surface area contributed by atoms with Crippen molar-refractivity contribution in [3.8, 4) is 6.07 Å². The fourth-order valence-corrected chi connectivity index (χ4v) is 3.14. The molecule has 0 saturated heterocycles. The molecular weight excluding hydrogens is 258 g/mol.